The third kappa shape index (κ3) is 4.33. The van der Waals surface area contributed by atoms with E-state index in [9.17, 15) is 67.0 Å². The van der Waals surface area contributed by atoms with E-state index in [1.165, 1.54) is 0 Å². The van der Waals surface area contributed by atoms with Crippen molar-refractivity contribution in [2.45, 2.75) is 48.8 Å². The Morgan fingerprint density at radius 3 is 1.70 bits per heavy atom. The molecule has 0 fully saturated rings. The van der Waals surface area contributed by atoms with Crippen molar-refractivity contribution in [3.05, 3.63) is 35.4 Å². The van der Waals surface area contributed by atoms with Gasteiger partial charge in [-0.1, -0.05) is 19.1 Å². The maximum atomic E-state index is 14.2. The van der Waals surface area contributed by atoms with Crippen LogP contribution in [0.4, 0.5) is 57.1 Å². The van der Waals surface area contributed by atoms with Crippen LogP contribution in [-0.2, 0) is 4.74 Å². The molecule has 2 unspecified atom stereocenters. The van der Waals surface area contributed by atoms with Crippen LogP contribution in [0.3, 0.4) is 0 Å². The number of hydrogen-bond acceptors (Lipinski definition) is 3. The van der Waals surface area contributed by atoms with Crippen LogP contribution < -0.4 is 0 Å². The molecule has 0 aliphatic carbocycles. The highest BCUT2D eigenvalue weighted by Crippen LogP contribution is 2.61. The average molecular weight is 512 g/mol. The summed E-state index contributed by atoms with van der Waals surface area (Å²) in [4.78, 5) is 11.4. The van der Waals surface area contributed by atoms with E-state index in [0.29, 0.717) is 12.1 Å². The second-order valence-corrected chi connectivity index (χ2v) is 6.77. The number of benzene rings is 1. The van der Waals surface area contributed by atoms with Crippen LogP contribution in [0, 0.1) is 5.92 Å². The van der Waals surface area contributed by atoms with E-state index in [-0.39, 0.29) is 6.92 Å². The Kier molecular flexibility index (Phi) is 7.42. The van der Waals surface area contributed by atoms with Crippen molar-refractivity contribution >= 4 is 5.97 Å². The van der Waals surface area contributed by atoms with Crippen molar-refractivity contribution in [2.24, 2.45) is 5.92 Å². The molecule has 1 rings (SSSR count). The Morgan fingerprint density at radius 1 is 0.818 bits per heavy atom. The Labute approximate surface area is 176 Å². The van der Waals surface area contributed by atoms with E-state index in [1.54, 1.807) is 0 Å². The van der Waals surface area contributed by atoms with Crippen molar-refractivity contribution in [3.63, 3.8) is 0 Å². The van der Waals surface area contributed by atoms with Crippen molar-refractivity contribution in [3.8, 4) is 0 Å². The fourth-order valence-corrected chi connectivity index (χ4v) is 2.52. The summed E-state index contributed by atoms with van der Waals surface area (Å²) >= 11 is 0. The molecule has 0 spiro atoms. The van der Waals surface area contributed by atoms with Gasteiger partial charge in [0, 0.05) is 0 Å². The quantitative estimate of drug-likeness (QED) is 0.350. The minimum Gasteiger partial charge on any atom is -0.465 e. The molecule has 0 saturated carbocycles. The normalized spacial score (nSPS) is 16.4. The van der Waals surface area contributed by atoms with Gasteiger partial charge in [0.2, 0.25) is 0 Å². The highest BCUT2D eigenvalue weighted by molar-refractivity contribution is 5.89. The molecule has 16 heteroatoms. The van der Waals surface area contributed by atoms with E-state index >= 15 is 0 Å². The van der Waals surface area contributed by atoms with Crippen molar-refractivity contribution in [2.75, 3.05) is 7.11 Å². The number of aliphatic hydroxyl groups excluding tert-OH is 1. The van der Waals surface area contributed by atoms with Gasteiger partial charge < -0.3 is 9.84 Å². The van der Waals surface area contributed by atoms with Gasteiger partial charge in [0.05, 0.1) is 24.7 Å². The molecule has 3 nitrogen and oxygen atoms in total. The highest BCUT2D eigenvalue weighted by atomic mass is 19.4. The van der Waals surface area contributed by atoms with Gasteiger partial charge in [-0.2, -0.15) is 57.1 Å². The van der Waals surface area contributed by atoms with Crippen LogP contribution in [0.25, 0.3) is 0 Å². The zero-order chi connectivity index (χ0) is 26.4. The number of ether oxygens (including phenoxy) is 1. The van der Waals surface area contributed by atoms with Crippen LogP contribution >= 0.6 is 0 Å². The van der Waals surface area contributed by atoms with Gasteiger partial charge in [0.25, 0.3) is 0 Å². The number of hydrogen-bond donors (Lipinski definition) is 1. The van der Waals surface area contributed by atoms with E-state index in [0.717, 1.165) is 19.2 Å². The van der Waals surface area contributed by atoms with E-state index in [2.05, 4.69) is 4.74 Å². The summed E-state index contributed by atoms with van der Waals surface area (Å²) in [7, 11) is 0.863. The highest BCUT2D eigenvalue weighted by Gasteiger charge is 2.91. The monoisotopic (exact) mass is 512 g/mol. The number of carbonyl (C=O) groups is 1. The Bertz CT molecular complexity index is 864. The smallest absolute Gasteiger partial charge is 0.460 e. The first-order chi connectivity index (χ1) is 14.5. The fraction of sp³-hybridized carbons (Fsp3) is 0.588. The van der Waals surface area contributed by atoms with Gasteiger partial charge in [-0.25, -0.2) is 4.79 Å². The molecule has 0 aliphatic rings. The molecular weight excluding hydrogens is 499 g/mol. The Balaban J connectivity index is 3.49. The molecule has 0 aromatic heterocycles. The molecule has 0 bridgehead atoms. The van der Waals surface area contributed by atoms with Gasteiger partial charge in [-0.3, -0.25) is 0 Å². The number of carbonyl (C=O) groups excluding carboxylic acids is 1. The van der Waals surface area contributed by atoms with Crippen LogP contribution in [0.1, 0.15) is 28.9 Å². The molecule has 33 heavy (non-hydrogen) atoms. The topological polar surface area (TPSA) is 46.5 Å². The first-order valence-corrected chi connectivity index (χ1v) is 8.34. The third-order valence-electron chi connectivity index (χ3n) is 4.65. The predicted molar refractivity (Wildman–Crippen MR) is 82.7 cm³/mol. The molecule has 0 heterocycles. The lowest BCUT2D eigenvalue weighted by Gasteiger charge is -2.42. The molecule has 0 radical (unpaired) electrons. The first kappa shape index (κ1) is 28.8. The zero-order valence-electron chi connectivity index (χ0n) is 16.1. The zero-order valence-corrected chi connectivity index (χ0v) is 16.1. The molecule has 190 valence electrons. The lowest BCUT2D eigenvalue weighted by molar-refractivity contribution is -0.444. The molecule has 0 aliphatic heterocycles. The predicted octanol–water partition coefficient (Wildman–Crippen LogP) is 5.88. The minimum absolute atomic E-state index is 0.0838. The SMILES string of the molecule is COC(=O)c1cccc(C(O)C(C)C(F)(F)C(F)(F)C(F)(F)C(F)(F)C(F)(F)C(F)(F)F)c1. The summed E-state index contributed by atoms with van der Waals surface area (Å²) in [6, 6.07) is 3.16. The van der Waals surface area contributed by atoms with Gasteiger partial charge in [-0.15, -0.1) is 0 Å². The molecule has 0 amide bonds. The molecule has 2 atom stereocenters. The summed E-state index contributed by atoms with van der Waals surface area (Å²) in [6.45, 7) is -0.0838. The second kappa shape index (κ2) is 8.51. The number of halogens is 13. The van der Waals surface area contributed by atoms with Crippen LogP contribution in [0.2, 0.25) is 0 Å². The van der Waals surface area contributed by atoms with Crippen molar-refractivity contribution in [1.29, 1.82) is 0 Å². The molecule has 0 saturated heterocycles. The van der Waals surface area contributed by atoms with Crippen LogP contribution in [-0.4, -0.2) is 54.0 Å². The summed E-state index contributed by atoms with van der Waals surface area (Å²) in [5, 5.41) is 9.90. The van der Waals surface area contributed by atoms with Crippen molar-refractivity contribution < 1.29 is 71.7 Å². The maximum Gasteiger partial charge on any atom is 0.460 e. The van der Waals surface area contributed by atoms with Gasteiger partial charge in [-0.05, 0) is 17.7 Å². The number of methoxy groups -OCH3 is 1. The Hall–Kier alpha value is -2.26. The van der Waals surface area contributed by atoms with Gasteiger partial charge in [0.1, 0.15) is 0 Å². The standard InChI is InChI=1S/C17H13F13O3/c1-7(10(31)8-4-3-5-9(6-8)11(32)33-2)12(18,19)13(20,21)14(22,23)15(24,25)16(26,27)17(28,29)30/h3-7,10,31H,1-2H3. The van der Waals surface area contributed by atoms with E-state index in [1.807, 2.05) is 0 Å². The number of aliphatic hydroxyl groups is 1. The third-order valence-corrected chi connectivity index (χ3v) is 4.65. The van der Waals surface area contributed by atoms with Crippen LogP contribution in [0.5, 0.6) is 0 Å². The molecule has 1 N–H and O–H groups in total. The Morgan fingerprint density at radius 2 is 1.27 bits per heavy atom. The molecule has 1 aromatic carbocycles. The van der Waals surface area contributed by atoms with Crippen LogP contribution in [0.15, 0.2) is 24.3 Å². The van der Waals surface area contributed by atoms with Crippen molar-refractivity contribution in [1.82, 2.24) is 0 Å². The molecular formula is C17H13F13O3. The average Bonchev–Trinajstić information content (AvgIpc) is 2.70. The number of alkyl halides is 13. The van der Waals surface area contributed by atoms with Gasteiger partial charge >= 0.3 is 41.8 Å². The summed E-state index contributed by atoms with van der Waals surface area (Å²) in [5.41, 5.74) is -1.28. The number of esters is 1. The summed E-state index contributed by atoms with van der Waals surface area (Å²) in [5.74, 6) is -42.4. The fourth-order valence-electron chi connectivity index (χ4n) is 2.52. The maximum absolute atomic E-state index is 14.2. The van der Waals surface area contributed by atoms with Gasteiger partial charge in [0.15, 0.2) is 0 Å². The lowest BCUT2D eigenvalue weighted by Crippen LogP contribution is -2.71. The van der Waals surface area contributed by atoms with E-state index in [4.69, 9.17) is 0 Å². The van der Waals surface area contributed by atoms with E-state index < -0.39 is 64.9 Å². The first-order valence-electron chi connectivity index (χ1n) is 8.34. The summed E-state index contributed by atoms with van der Waals surface area (Å²) in [6.07, 6.45) is -10.4. The molecule has 1 aromatic rings. The second-order valence-electron chi connectivity index (χ2n) is 6.77. The minimum atomic E-state index is -8.03. The lowest BCUT2D eigenvalue weighted by atomic mass is 9.83. The largest absolute Gasteiger partial charge is 0.465 e. The number of rotatable bonds is 8. The summed E-state index contributed by atoms with van der Waals surface area (Å²) < 4.78 is 177.